The maximum Gasteiger partial charge on any atom is 0.158 e. The summed E-state index contributed by atoms with van der Waals surface area (Å²) in [6, 6.07) is 2.04. The van der Waals surface area contributed by atoms with Crippen LogP contribution in [0, 0.1) is 0 Å². The average Bonchev–Trinajstić information content (AvgIpc) is 3.02. The number of hydrogen-bond donors (Lipinski definition) is 1. The average molecular weight is 362 g/mol. The van der Waals surface area contributed by atoms with E-state index in [9.17, 15) is 0 Å². The van der Waals surface area contributed by atoms with Crippen LogP contribution in [0.25, 0.3) is 9.88 Å². The molecule has 0 spiro atoms. The zero-order valence-electron chi connectivity index (χ0n) is 10.7. The molecule has 2 rings (SSSR count). The highest BCUT2D eigenvalue weighted by atomic mass is 79.9. The molecular formula is C12H16BrN3OS2. The Morgan fingerprint density at radius 2 is 2.26 bits per heavy atom. The molecule has 2 heterocycles. The number of nitrogens with zero attached hydrogens (tertiary/aromatic N) is 2. The number of halogens is 1. The lowest BCUT2D eigenvalue weighted by Gasteiger charge is -2.01. The minimum Gasteiger partial charge on any atom is -0.383 e. The van der Waals surface area contributed by atoms with Gasteiger partial charge in [-0.05, 0) is 40.3 Å². The van der Waals surface area contributed by atoms with Crippen LogP contribution in [0.4, 0.5) is 0 Å². The molecule has 104 valence electrons. The SMILES string of the molecule is COCCNCCCc1nnc(-c2sccc2Br)s1. The lowest BCUT2D eigenvalue weighted by atomic mass is 10.3. The van der Waals surface area contributed by atoms with Gasteiger partial charge in [0.05, 0.1) is 11.5 Å². The molecule has 0 bridgehead atoms. The van der Waals surface area contributed by atoms with Crippen LogP contribution >= 0.6 is 38.6 Å². The van der Waals surface area contributed by atoms with E-state index in [0.717, 1.165) is 47.0 Å². The quantitative estimate of drug-likeness (QED) is 0.733. The van der Waals surface area contributed by atoms with Gasteiger partial charge in [0.15, 0.2) is 5.01 Å². The Morgan fingerprint density at radius 1 is 1.37 bits per heavy atom. The first-order valence-corrected chi connectivity index (χ1v) is 8.55. The summed E-state index contributed by atoms with van der Waals surface area (Å²) in [5, 5.41) is 16.0. The Labute approximate surface area is 129 Å². The molecule has 0 saturated heterocycles. The molecule has 0 fully saturated rings. The summed E-state index contributed by atoms with van der Waals surface area (Å²) >= 11 is 6.89. The van der Waals surface area contributed by atoms with E-state index in [2.05, 4.69) is 36.8 Å². The first-order chi connectivity index (χ1) is 9.31. The lowest BCUT2D eigenvalue weighted by molar-refractivity contribution is 0.199. The molecular weight excluding hydrogens is 346 g/mol. The fraction of sp³-hybridized carbons (Fsp3) is 0.500. The van der Waals surface area contributed by atoms with E-state index in [1.165, 1.54) is 4.88 Å². The normalized spacial score (nSPS) is 11.1. The first-order valence-electron chi connectivity index (χ1n) is 6.06. The maximum absolute atomic E-state index is 4.98. The Morgan fingerprint density at radius 3 is 3.00 bits per heavy atom. The van der Waals surface area contributed by atoms with E-state index < -0.39 is 0 Å². The van der Waals surface area contributed by atoms with Crippen molar-refractivity contribution in [3.05, 3.63) is 20.9 Å². The smallest absolute Gasteiger partial charge is 0.158 e. The molecule has 2 aromatic heterocycles. The molecule has 4 nitrogen and oxygen atoms in total. The number of nitrogens with one attached hydrogen (secondary N) is 1. The van der Waals surface area contributed by atoms with Crippen LogP contribution < -0.4 is 5.32 Å². The van der Waals surface area contributed by atoms with Gasteiger partial charge in [-0.3, -0.25) is 0 Å². The van der Waals surface area contributed by atoms with Gasteiger partial charge < -0.3 is 10.1 Å². The van der Waals surface area contributed by atoms with Crippen molar-refractivity contribution in [3.63, 3.8) is 0 Å². The monoisotopic (exact) mass is 361 g/mol. The molecule has 2 aromatic rings. The number of thiophene rings is 1. The molecule has 0 aromatic carbocycles. The summed E-state index contributed by atoms with van der Waals surface area (Å²) in [5.74, 6) is 0. The van der Waals surface area contributed by atoms with Crippen LogP contribution in [0.2, 0.25) is 0 Å². The number of aryl methyl sites for hydroxylation is 1. The van der Waals surface area contributed by atoms with Crippen LogP contribution in [-0.4, -0.2) is 37.0 Å². The van der Waals surface area contributed by atoms with Gasteiger partial charge in [0.25, 0.3) is 0 Å². The second-order valence-corrected chi connectivity index (χ2v) is 6.78. The van der Waals surface area contributed by atoms with Gasteiger partial charge in [-0.1, -0.05) is 11.3 Å². The first kappa shape index (κ1) is 15.1. The van der Waals surface area contributed by atoms with Crippen molar-refractivity contribution in [2.24, 2.45) is 0 Å². The Balaban J connectivity index is 1.77. The van der Waals surface area contributed by atoms with E-state index in [1.54, 1.807) is 29.8 Å². The Hall–Kier alpha value is -0.340. The summed E-state index contributed by atoms with van der Waals surface area (Å²) < 4.78 is 6.08. The third-order valence-corrected chi connectivity index (χ3v) is 5.48. The third kappa shape index (κ3) is 4.61. The molecule has 0 radical (unpaired) electrons. The highest BCUT2D eigenvalue weighted by molar-refractivity contribution is 9.10. The van der Waals surface area contributed by atoms with Crippen molar-refractivity contribution in [2.45, 2.75) is 12.8 Å². The van der Waals surface area contributed by atoms with E-state index in [4.69, 9.17) is 4.74 Å². The molecule has 0 atom stereocenters. The third-order valence-electron chi connectivity index (χ3n) is 2.51. The topological polar surface area (TPSA) is 47.0 Å². The molecule has 0 unspecified atom stereocenters. The van der Waals surface area contributed by atoms with Gasteiger partial charge in [0.2, 0.25) is 0 Å². The van der Waals surface area contributed by atoms with Gasteiger partial charge in [-0.15, -0.1) is 21.5 Å². The molecule has 1 N–H and O–H groups in total. The van der Waals surface area contributed by atoms with Crippen LogP contribution in [0.3, 0.4) is 0 Å². The molecule has 7 heteroatoms. The minimum absolute atomic E-state index is 0.759. The molecule has 0 aliphatic heterocycles. The van der Waals surface area contributed by atoms with E-state index in [1.807, 2.05) is 6.07 Å². The second kappa shape index (κ2) is 8.06. The second-order valence-electron chi connectivity index (χ2n) is 3.94. The van der Waals surface area contributed by atoms with Crippen LogP contribution in [0.15, 0.2) is 15.9 Å². The van der Waals surface area contributed by atoms with Gasteiger partial charge in [0.1, 0.15) is 5.01 Å². The molecule has 0 aliphatic carbocycles. The number of hydrogen-bond acceptors (Lipinski definition) is 6. The zero-order chi connectivity index (χ0) is 13.5. The summed E-state index contributed by atoms with van der Waals surface area (Å²) in [5.41, 5.74) is 0. The standard InChI is InChI=1S/C12H16BrN3OS2/c1-17-7-6-14-5-2-3-10-15-16-12(19-10)11-9(13)4-8-18-11/h4,8,14H,2-3,5-7H2,1H3. The van der Waals surface area contributed by atoms with Crippen LogP contribution in [0.5, 0.6) is 0 Å². The number of aromatic nitrogens is 2. The van der Waals surface area contributed by atoms with Gasteiger partial charge >= 0.3 is 0 Å². The van der Waals surface area contributed by atoms with Crippen molar-refractivity contribution in [3.8, 4) is 9.88 Å². The Kier molecular flexibility index (Phi) is 6.39. The molecule has 0 amide bonds. The summed E-state index contributed by atoms with van der Waals surface area (Å²) in [6.45, 7) is 2.65. The van der Waals surface area contributed by atoms with E-state index in [-0.39, 0.29) is 0 Å². The minimum atomic E-state index is 0.759. The number of ether oxygens (including phenoxy) is 1. The van der Waals surface area contributed by atoms with Crippen molar-refractivity contribution in [1.82, 2.24) is 15.5 Å². The number of methoxy groups -OCH3 is 1. The lowest BCUT2D eigenvalue weighted by Crippen LogP contribution is -2.20. The van der Waals surface area contributed by atoms with Crippen molar-refractivity contribution in [1.29, 1.82) is 0 Å². The predicted octanol–water partition coefficient (Wildman–Crippen LogP) is 3.20. The predicted molar refractivity (Wildman–Crippen MR) is 84.0 cm³/mol. The van der Waals surface area contributed by atoms with E-state index >= 15 is 0 Å². The highest BCUT2D eigenvalue weighted by Gasteiger charge is 2.10. The van der Waals surface area contributed by atoms with Gasteiger partial charge in [-0.2, -0.15) is 0 Å². The van der Waals surface area contributed by atoms with Crippen molar-refractivity contribution >= 4 is 38.6 Å². The largest absolute Gasteiger partial charge is 0.383 e. The van der Waals surface area contributed by atoms with Crippen molar-refractivity contribution in [2.75, 3.05) is 26.8 Å². The fourth-order valence-corrected chi connectivity index (χ4v) is 4.23. The summed E-state index contributed by atoms with van der Waals surface area (Å²) in [4.78, 5) is 1.17. The zero-order valence-corrected chi connectivity index (χ0v) is 13.9. The van der Waals surface area contributed by atoms with Crippen LogP contribution in [0.1, 0.15) is 11.4 Å². The molecule has 0 aliphatic rings. The van der Waals surface area contributed by atoms with Crippen LogP contribution in [-0.2, 0) is 11.2 Å². The summed E-state index contributed by atoms with van der Waals surface area (Å²) in [6.07, 6.45) is 2.05. The number of rotatable bonds is 8. The highest BCUT2D eigenvalue weighted by Crippen LogP contribution is 2.35. The van der Waals surface area contributed by atoms with Crippen molar-refractivity contribution < 1.29 is 4.74 Å². The Bertz CT molecular complexity index is 501. The fourth-order valence-electron chi connectivity index (χ4n) is 1.56. The molecule has 0 saturated carbocycles. The van der Waals surface area contributed by atoms with Gasteiger partial charge in [-0.25, -0.2) is 0 Å². The summed E-state index contributed by atoms with van der Waals surface area (Å²) in [7, 11) is 1.72. The van der Waals surface area contributed by atoms with Gasteiger partial charge in [0, 0.05) is 24.5 Å². The van der Waals surface area contributed by atoms with E-state index in [0.29, 0.717) is 0 Å². The molecule has 19 heavy (non-hydrogen) atoms. The maximum atomic E-state index is 4.98.